The van der Waals surface area contributed by atoms with Crippen LogP contribution in [0.5, 0.6) is 5.75 Å². The summed E-state index contributed by atoms with van der Waals surface area (Å²) in [6.45, 7) is 5.36. The number of nitrogens with zero attached hydrogens (tertiary/aromatic N) is 1. The van der Waals surface area contributed by atoms with Crippen molar-refractivity contribution in [3.05, 3.63) is 29.5 Å². The molecular formula is C14H18N2O. The van der Waals surface area contributed by atoms with E-state index < -0.39 is 0 Å². The lowest BCUT2D eigenvalue weighted by molar-refractivity contribution is 0.363. The molecule has 0 bridgehead atoms. The maximum atomic E-state index is 10.1. The van der Waals surface area contributed by atoms with Crippen molar-refractivity contribution >= 4 is 10.9 Å². The van der Waals surface area contributed by atoms with Gasteiger partial charge in [-0.1, -0.05) is 6.07 Å². The van der Waals surface area contributed by atoms with Gasteiger partial charge in [0.15, 0.2) is 0 Å². The molecule has 0 aliphatic carbocycles. The lowest BCUT2D eigenvalue weighted by atomic mass is 9.90. The molecule has 2 heterocycles. The lowest BCUT2D eigenvalue weighted by Crippen LogP contribution is -2.43. The summed E-state index contributed by atoms with van der Waals surface area (Å²) in [6, 6.07) is 5.75. The quantitative estimate of drug-likeness (QED) is 0.728. The second-order valence-corrected chi connectivity index (χ2v) is 5.36. The van der Waals surface area contributed by atoms with Crippen molar-refractivity contribution in [2.75, 3.05) is 6.54 Å². The Kier molecular flexibility index (Phi) is 2.05. The Balaban J connectivity index is 2.46. The number of aromatic nitrogens is 1. The Morgan fingerprint density at radius 1 is 1.35 bits per heavy atom. The van der Waals surface area contributed by atoms with Gasteiger partial charge in [-0.15, -0.1) is 0 Å². The van der Waals surface area contributed by atoms with Crippen molar-refractivity contribution in [3.8, 4) is 5.75 Å². The van der Waals surface area contributed by atoms with Gasteiger partial charge in [0.1, 0.15) is 5.75 Å². The van der Waals surface area contributed by atoms with Gasteiger partial charge in [-0.05, 0) is 38.0 Å². The predicted molar refractivity (Wildman–Crippen MR) is 69.3 cm³/mol. The van der Waals surface area contributed by atoms with Crippen molar-refractivity contribution in [3.63, 3.8) is 0 Å². The second kappa shape index (κ2) is 3.26. The first-order valence-electron chi connectivity index (χ1n) is 6.07. The van der Waals surface area contributed by atoms with Crippen molar-refractivity contribution in [2.45, 2.75) is 25.8 Å². The minimum absolute atomic E-state index is 0.0339. The molecule has 17 heavy (non-hydrogen) atoms. The van der Waals surface area contributed by atoms with Crippen molar-refractivity contribution < 1.29 is 5.11 Å². The maximum Gasteiger partial charge on any atom is 0.125 e. The molecule has 0 atom stereocenters. The minimum Gasteiger partial charge on any atom is -0.507 e. The number of hydrogen-bond acceptors (Lipinski definition) is 2. The number of rotatable bonds is 0. The molecule has 0 fully saturated rings. The number of nitrogens with one attached hydrogen (secondary N) is 1. The van der Waals surface area contributed by atoms with Crippen molar-refractivity contribution in [1.82, 2.24) is 9.88 Å². The molecule has 1 aromatic carbocycles. The van der Waals surface area contributed by atoms with Gasteiger partial charge < -0.3 is 15.0 Å². The molecule has 3 heteroatoms. The van der Waals surface area contributed by atoms with Crippen LogP contribution in [0.4, 0.5) is 0 Å². The molecule has 0 unspecified atom stereocenters. The number of benzene rings is 1. The van der Waals surface area contributed by atoms with Gasteiger partial charge in [-0.3, -0.25) is 0 Å². The molecule has 1 aliphatic rings. The number of phenolic OH excluding ortho intramolecular Hbond substituents is 1. The van der Waals surface area contributed by atoms with Gasteiger partial charge in [0.2, 0.25) is 0 Å². The van der Waals surface area contributed by atoms with E-state index in [1.807, 2.05) is 6.07 Å². The van der Waals surface area contributed by atoms with E-state index in [1.54, 1.807) is 6.07 Å². The highest BCUT2D eigenvalue weighted by molar-refractivity contribution is 5.91. The average molecular weight is 230 g/mol. The fourth-order valence-corrected chi connectivity index (χ4v) is 3.18. The molecule has 3 nitrogen and oxygen atoms in total. The molecule has 0 amide bonds. The molecule has 0 saturated heterocycles. The monoisotopic (exact) mass is 230 g/mol. The predicted octanol–water partition coefficient (Wildman–Crippen LogP) is 2.26. The van der Waals surface area contributed by atoms with Crippen LogP contribution < -0.4 is 5.32 Å². The van der Waals surface area contributed by atoms with E-state index in [-0.39, 0.29) is 5.54 Å². The summed E-state index contributed by atoms with van der Waals surface area (Å²) in [4.78, 5) is 0. The Morgan fingerprint density at radius 3 is 2.88 bits per heavy atom. The van der Waals surface area contributed by atoms with Crippen LogP contribution in [0.1, 0.15) is 25.1 Å². The summed E-state index contributed by atoms with van der Waals surface area (Å²) >= 11 is 0. The lowest BCUT2D eigenvalue weighted by Gasteiger charge is -2.33. The maximum absolute atomic E-state index is 10.1. The largest absolute Gasteiger partial charge is 0.507 e. The van der Waals surface area contributed by atoms with Gasteiger partial charge in [-0.2, -0.15) is 0 Å². The molecule has 0 saturated carbocycles. The van der Waals surface area contributed by atoms with Crippen LogP contribution in [-0.4, -0.2) is 16.2 Å². The molecule has 90 valence electrons. The third kappa shape index (κ3) is 1.32. The molecule has 3 rings (SSSR count). The molecule has 1 aliphatic heterocycles. The number of aromatic hydroxyl groups is 1. The Labute approximate surface area is 101 Å². The van der Waals surface area contributed by atoms with Crippen molar-refractivity contribution in [1.29, 1.82) is 0 Å². The van der Waals surface area contributed by atoms with Gasteiger partial charge in [0.05, 0.1) is 11.1 Å². The highest BCUT2D eigenvalue weighted by atomic mass is 16.3. The average Bonchev–Trinajstić information content (AvgIpc) is 2.55. The zero-order valence-electron chi connectivity index (χ0n) is 10.5. The number of phenols is 1. The van der Waals surface area contributed by atoms with Crippen LogP contribution in [0.15, 0.2) is 18.2 Å². The normalized spacial score (nSPS) is 18.3. The number of fused-ring (bicyclic) bond motifs is 3. The summed E-state index contributed by atoms with van der Waals surface area (Å²) in [5, 5.41) is 14.6. The third-order valence-corrected chi connectivity index (χ3v) is 3.84. The molecule has 2 aromatic rings. The fraction of sp³-hybridized carbons (Fsp3) is 0.429. The number of hydrogen-bond donors (Lipinski definition) is 2. The molecule has 1 aromatic heterocycles. The minimum atomic E-state index is -0.0339. The van der Waals surface area contributed by atoms with E-state index in [0.29, 0.717) is 5.75 Å². The Hall–Kier alpha value is -1.48. The van der Waals surface area contributed by atoms with Gasteiger partial charge >= 0.3 is 0 Å². The summed E-state index contributed by atoms with van der Waals surface area (Å²) in [5.41, 5.74) is 3.67. The first-order valence-corrected chi connectivity index (χ1v) is 6.07. The first kappa shape index (κ1) is 10.7. The topological polar surface area (TPSA) is 37.2 Å². The van der Waals surface area contributed by atoms with Crippen molar-refractivity contribution in [2.24, 2.45) is 7.05 Å². The van der Waals surface area contributed by atoms with E-state index in [4.69, 9.17) is 0 Å². The van der Waals surface area contributed by atoms with E-state index in [0.717, 1.165) is 23.9 Å². The van der Waals surface area contributed by atoms with Gasteiger partial charge in [0, 0.05) is 24.7 Å². The zero-order chi connectivity index (χ0) is 12.2. The van der Waals surface area contributed by atoms with Gasteiger partial charge in [-0.25, -0.2) is 0 Å². The number of aryl methyl sites for hydroxylation is 1. The van der Waals surface area contributed by atoms with Crippen LogP contribution in [0, 0.1) is 0 Å². The van der Waals surface area contributed by atoms with E-state index in [9.17, 15) is 5.11 Å². The van der Waals surface area contributed by atoms with Crippen LogP contribution in [0.2, 0.25) is 0 Å². The zero-order valence-corrected chi connectivity index (χ0v) is 10.5. The molecule has 2 N–H and O–H groups in total. The summed E-state index contributed by atoms with van der Waals surface area (Å²) in [6.07, 6.45) is 0.980. The SMILES string of the molecule is Cn1c2c(c3c(O)cccc31)CCNC2(C)C. The van der Waals surface area contributed by atoms with Crippen LogP contribution in [0.25, 0.3) is 10.9 Å². The summed E-state index contributed by atoms with van der Waals surface area (Å²) in [5.74, 6) is 0.400. The highest BCUT2D eigenvalue weighted by Crippen LogP contribution is 2.38. The smallest absolute Gasteiger partial charge is 0.125 e. The van der Waals surface area contributed by atoms with E-state index in [1.165, 1.54) is 11.3 Å². The standard InChI is InChI=1S/C14H18N2O/c1-14(2)13-9(7-8-15-14)12-10(16(13)3)5-4-6-11(12)17/h4-6,15,17H,7-8H2,1-3H3. The summed E-state index contributed by atoms with van der Waals surface area (Å²) in [7, 11) is 2.08. The third-order valence-electron chi connectivity index (χ3n) is 3.84. The second-order valence-electron chi connectivity index (χ2n) is 5.36. The summed E-state index contributed by atoms with van der Waals surface area (Å²) < 4.78 is 2.20. The van der Waals surface area contributed by atoms with Crippen LogP contribution in [0.3, 0.4) is 0 Å². The van der Waals surface area contributed by atoms with Gasteiger partial charge in [0.25, 0.3) is 0 Å². The van der Waals surface area contributed by atoms with E-state index in [2.05, 4.69) is 36.8 Å². The highest BCUT2D eigenvalue weighted by Gasteiger charge is 2.32. The molecule has 0 radical (unpaired) electrons. The van der Waals surface area contributed by atoms with E-state index >= 15 is 0 Å². The fourth-order valence-electron chi connectivity index (χ4n) is 3.18. The van der Waals surface area contributed by atoms with Crippen LogP contribution in [-0.2, 0) is 19.0 Å². The molecular weight excluding hydrogens is 212 g/mol. The van der Waals surface area contributed by atoms with Crippen LogP contribution >= 0.6 is 0 Å². The first-order chi connectivity index (χ1) is 8.02. The Morgan fingerprint density at radius 2 is 2.12 bits per heavy atom. The Bertz CT molecular complexity index is 596. The molecule has 0 spiro atoms.